The second-order valence-corrected chi connectivity index (χ2v) is 12.1. The maximum absolute atomic E-state index is 13.9. The Kier molecular flexibility index (Phi) is 8.64. The fourth-order valence-electron chi connectivity index (χ4n) is 4.37. The van der Waals surface area contributed by atoms with Crippen LogP contribution in [0.3, 0.4) is 0 Å². The number of carbonyl (C=O) groups is 3. The van der Waals surface area contributed by atoms with Gasteiger partial charge in [-0.05, 0) is 49.2 Å². The van der Waals surface area contributed by atoms with Gasteiger partial charge in [-0.3, -0.25) is 14.4 Å². The molecule has 3 aromatic carbocycles. The molecule has 8 nitrogen and oxygen atoms in total. The van der Waals surface area contributed by atoms with E-state index in [1.165, 1.54) is 23.1 Å². The van der Waals surface area contributed by atoms with E-state index < -0.39 is 40.3 Å². The predicted octanol–water partition coefficient (Wildman–Crippen LogP) is 4.30. The summed E-state index contributed by atoms with van der Waals surface area (Å²) < 4.78 is 26.9. The summed E-state index contributed by atoms with van der Waals surface area (Å²) >= 11 is 12.3. The first-order valence-electron chi connectivity index (χ1n) is 12.2. The maximum atomic E-state index is 13.9. The highest BCUT2D eigenvalue weighted by atomic mass is 35.5. The summed E-state index contributed by atoms with van der Waals surface area (Å²) in [5, 5.41) is 3.45. The standard InChI is InChI=1S/C28H27Cl2N3O5S/c1-18(2)31-27(35)24(15-19-8-4-3-5-9-19)32(16-20-12-13-22(29)23(30)14-20)26(34)17-33-28(36)21-10-6-7-11-25(21)39(33,37)38/h3-14,18,24H,15-17H2,1-2H3,(H,31,35)/t24-/m0/s1. The van der Waals surface area contributed by atoms with Crippen molar-refractivity contribution in [1.82, 2.24) is 14.5 Å². The quantitative estimate of drug-likeness (QED) is 0.402. The van der Waals surface area contributed by atoms with Gasteiger partial charge in [0.15, 0.2) is 0 Å². The van der Waals surface area contributed by atoms with Crippen LogP contribution in [-0.2, 0) is 32.6 Å². The summed E-state index contributed by atoms with van der Waals surface area (Å²) in [6, 6.07) is 18.6. The van der Waals surface area contributed by atoms with Crippen LogP contribution in [0, 0.1) is 0 Å². The van der Waals surface area contributed by atoms with E-state index in [0.29, 0.717) is 14.9 Å². The first kappa shape index (κ1) is 28.6. The van der Waals surface area contributed by atoms with Gasteiger partial charge in [-0.2, -0.15) is 0 Å². The van der Waals surface area contributed by atoms with Crippen LogP contribution in [0.2, 0.25) is 10.0 Å². The van der Waals surface area contributed by atoms with E-state index in [2.05, 4.69) is 5.32 Å². The van der Waals surface area contributed by atoms with Crippen molar-refractivity contribution in [3.63, 3.8) is 0 Å². The molecule has 0 saturated carbocycles. The number of sulfonamides is 1. The van der Waals surface area contributed by atoms with Gasteiger partial charge in [-0.25, -0.2) is 12.7 Å². The fraction of sp³-hybridized carbons (Fsp3) is 0.250. The molecular weight excluding hydrogens is 561 g/mol. The molecule has 0 radical (unpaired) electrons. The second-order valence-electron chi connectivity index (χ2n) is 9.45. The third-order valence-electron chi connectivity index (χ3n) is 6.23. The van der Waals surface area contributed by atoms with Crippen molar-refractivity contribution in [2.45, 2.75) is 43.8 Å². The highest BCUT2D eigenvalue weighted by molar-refractivity contribution is 7.90. The molecule has 0 saturated heterocycles. The molecule has 204 valence electrons. The molecule has 3 aromatic rings. The van der Waals surface area contributed by atoms with E-state index in [9.17, 15) is 22.8 Å². The molecule has 39 heavy (non-hydrogen) atoms. The average molecular weight is 589 g/mol. The molecule has 0 unspecified atom stereocenters. The topological polar surface area (TPSA) is 104 Å². The minimum Gasteiger partial charge on any atom is -0.352 e. The number of nitrogens with zero attached hydrogens (tertiary/aromatic N) is 2. The Morgan fingerprint density at radius 2 is 1.59 bits per heavy atom. The Hall–Kier alpha value is -3.40. The third kappa shape index (κ3) is 6.27. The van der Waals surface area contributed by atoms with Gasteiger partial charge in [0, 0.05) is 19.0 Å². The second kappa shape index (κ2) is 11.8. The van der Waals surface area contributed by atoms with Crippen LogP contribution in [0.1, 0.15) is 35.3 Å². The lowest BCUT2D eigenvalue weighted by molar-refractivity contribution is -0.141. The Morgan fingerprint density at radius 1 is 0.923 bits per heavy atom. The van der Waals surface area contributed by atoms with Gasteiger partial charge in [0.1, 0.15) is 17.5 Å². The van der Waals surface area contributed by atoms with Crippen LogP contribution >= 0.6 is 23.2 Å². The fourth-order valence-corrected chi connectivity index (χ4v) is 6.21. The Bertz CT molecular complexity index is 1510. The lowest BCUT2D eigenvalue weighted by Gasteiger charge is -2.33. The summed E-state index contributed by atoms with van der Waals surface area (Å²) in [6.07, 6.45) is 0.160. The molecule has 1 heterocycles. The van der Waals surface area contributed by atoms with E-state index in [-0.39, 0.29) is 34.5 Å². The summed E-state index contributed by atoms with van der Waals surface area (Å²) in [5.41, 5.74) is 1.37. The number of halogens is 2. The van der Waals surface area contributed by atoms with Crippen LogP contribution in [0.25, 0.3) is 0 Å². The highest BCUT2D eigenvalue weighted by Gasteiger charge is 2.43. The zero-order valence-corrected chi connectivity index (χ0v) is 23.6. The van der Waals surface area contributed by atoms with Crippen LogP contribution < -0.4 is 5.32 Å². The molecular formula is C28H27Cl2N3O5S. The van der Waals surface area contributed by atoms with Crippen molar-refractivity contribution in [3.05, 3.63) is 99.5 Å². The van der Waals surface area contributed by atoms with Crippen molar-refractivity contribution in [2.75, 3.05) is 6.54 Å². The van der Waals surface area contributed by atoms with E-state index in [1.54, 1.807) is 38.1 Å². The van der Waals surface area contributed by atoms with Gasteiger partial charge in [0.25, 0.3) is 15.9 Å². The SMILES string of the molecule is CC(C)NC(=O)[C@H](Cc1ccccc1)N(Cc1ccc(Cl)c(Cl)c1)C(=O)CN1C(=O)c2ccccc2S1(=O)=O. The van der Waals surface area contributed by atoms with Gasteiger partial charge in [0.05, 0.1) is 15.6 Å². The molecule has 0 spiro atoms. The molecule has 3 amide bonds. The highest BCUT2D eigenvalue weighted by Crippen LogP contribution is 2.30. The smallest absolute Gasteiger partial charge is 0.269 e. The van der Waals surface area contributed by atoms with E-state index in [4.69, 9.17) is 23.2 Å². The third-order valence-corrected chi connectivity index (χ3v) is 8.76. The Labute approximate surface area is 237 Å². The molecule has 1 N–H and O–H groups in total. The summed E-state index contributed by atoms with van der Waals surface area (Å²) in [7, 11) is -4.24. The first-order chi connectivity index (χ1) is 18.5. The molecule has 4 rings (SSSR count). The van der Waals surface area contributed by atoms with Gasteiger partial charge < -0.3 is 10.2 Å². The Morgan fingerprint density at radius 3 is 2.23 bits per heavy atom. The predicted molar refractivity (Wildman–Crippen MR) is 149 cm³/mol. The number of hydrogen-bond donors (Lipinski definition) is 1. The normalized spacial score (nSPS) is 14.7. The molecule has 1 aliphatic heterocycles. The van der Waals surface area contributed by atoms with Crippen LogP contribution in [0.15, 0.2) is 77.7 Å². The molecule has 0 aliphatic carbocycles. The molecule has 0 bridgehead atoms. The largest absolute Gasteiger partial charge is 0.352 e. The zero-order chi connectivity index (χ0) is 28.3. The van der Waals surface area contributed by atoms with Crippen molar-refractivity contribution >= 4 is 50.9 Å². The number of amides is 3. The molecule has 0 fully saturated rings. The molecule has 1 aliphatic rings. The minimum atomic E-state index is -4.24. The minimum absolute atomic E-state index is 0.000260. The Balaban J connectivity index is 1.73. The van der Waals surface area contributed by atoms with Gasteiger partial charge in [-0.1, -0.05) is 71.7 Å². The van der Waals surface area contributed by atoms with Crippen molar-refractivity contribution < 1.29 is 22.8 Å². The summed E-state index contributed by atoms with van der Waals surface area (Å²) in [5.74, 6) is -1.92. The average Bonchev–Trinajstić information content (AvgIpc) is 3.09. The number of hydrogen-bond acceptors (Lipinski definition) is 5. The number of fused-ring (bicyclic) bond motifs is 1. The van der Waals surface area contributed by atoms with Crippen molar-refractivity contribution in [1.29, 1.82) is 0 Å². The van der Waals surface area contributed by atoms with E-state index in [0.717, 1.165) is 5.56 Å². The summed E-state index contributed by atoms with van der Waals surface area (Å²) in [4.78, 5) is 41.5. The van der Waals surface area contributed by atoms with Gasteiger partial charge >= 0.3 is 0 Å². The molecule has 0 aromatic heterocycles. The zero-order valence-electron chi connectivity index (χ0n) is 21.3. The number of carbonyl (C=O) groups excluding carboxylic acids is 3. The number of rotatable bonds is 9. The first-order valence-corrected chi connectivity index (χ1v) is 14.4. The molecule has 1 atom stereocenters. The van der Waals surface area contributed by atoms with Crippen LogP contribution in [0.4, 0.5) is 0 Å². The van der Waals surface area contributed by atoms with Gasteiger partial charge in [-0.15, -0.1) is 0 Å². The lowest BCUT2D eigenvalue weighted by atomic mass is 10.0. The van der Waals surface area contributed by atoms with Crippen molar-refractivity contribution in [3.8, 4) is 0 Å². The van der Waals surface area contributed by atoms with E-state index in [1.807, 2.05) is 30.3 Å². The number of nitrogens with one attached hydrogen (secondary N) is 1. The van der Waals surface area contributed by atoms with Gasteiger partial charge in [0.2, 0.25) is 11.8 Å². The monoisotopic (exact) mass is 587 g/mol. The van der Waals surface area contributed by atoms with Crippen molar-refractivity contribution in [2.24, 2.45) is 0 Å². The number of benzene rings is 3. The summed E-state index contributed by atoms with van der Waals surface area (Å²) in [6.45, 7) is 2.76. The van der Waals surface area contributed by atoms with E-state index >= 15 is 0 Å². The van der Waals surface area contributed by atoms with Crippen LogP contribution in [0.5, 0.6) is 0 Å². The lowest BCUT2D eigenvalue weighted by Crippen LogP contribution is -2.54. The maximum Gasteiger partial charge on any atom is 0.269 e. The van der Waals surface area contributed by atoms with Crippen LogP contribution in [-0.4, -0.2) is 54.0 Å². The molecule has 11 heteroatoms.